The van der Waals surface area contributed by atoms with Gasteiger partial charge in [-0.3, -0.25) is 0 Å². The van der Waals surface area contributed by atoms with Gasteiger partial charge in [0.1, 0.15) is 0 Å². The number of aromatic nitrogens is 5. The maximum Gasteiger partial charge on any atom is 0.154 e. The molecule has 0 saturated heterocycles. The lowest BCUT2D eigenvalue weighted by molar-refractivity contribution is 0.843. The van der Waals surface area contributed by atoms with Crippen molar-refractivity contribution in [3.8, 4) is 17.1 Å². The van der Waals surface area contributed by atoms with Gasteiger partial charge in [0.25, 0.3) is 0 Å². The molecule has 5 nitrogen and oxygen atoms in total. The Morgan fingerprint density at radius 2 is 2.00 bits per heavy atom. The minimum Gasteiger partial charge on any atom is -0.345 e. The Labute approximate surface area is 140 Å². The quantitative estimate of drug-likeness (QED) is 0.615. The van der Waals surface area contributed by atoms with Crippen LogP contribution in [0.1, 0.15) is 31.0 Å². The maximum absolute atomic E-state index is 4.63. The lowest BCUT2D eigenvalue weighted by Gasteiger charge is -2.12. The number of pyridine rings is 1. The number of fused-ring (bicyclic) bond motifs is 1. The van der Waals surface area contributed by atoms with Gasteiger partial charge in [-0.25, -0.2) is 14.6 Å². The van der Waals surface area contributed by atoms with Crippen LogP contribution in [0.15, 0.2) is 48.9 Å². The zero-order valence-corrected chi connectivity index (χ0v) is 14.0. The van der Waals surface area contributed by atoms with E-state index in [0.29, 0.717) is 5.92 Å². The predicted octanol–water partition coefficient (Wildman–Crippen LogP) is 4.24. The molecule has 5 heteroatoms. The third-order valence-corrected chi connectivity index (χ3v) is 4.20. The molecule has 0 atom stereocenters. The van der Waals surface area contributed by atoms with Crippen molar-refractivity contribution < 1.29 is 0 Å². The van der Waals surface area contributed by atoms with E-state index < -0.39 is 0 Å². The number of hydrogen-bond donors (Lipinski definition) is 1. The molecule has 120 valence electrons. The maximum atomic E-state index is 4.63. The van der Waals surface area contributed by atoms with E-state index in [0.717, 1.165) is 33.8 Å². The molecule has 0 unspecified atom stereocenters. The van der Waals surface area contributed by atoms with Crippen LogP contribution in [0.25, 0.3) is 28.1 Å². The van der Waals surface area contributed by atoms with Crippen LogP contribution in [-0.4, -0.2) is 24.7 Å². The minimum absolute atomic E-state index is 0.371. The summed E-state index contributed by atoms with van der Waals surface area (Å²) < 4.78 is 1.93. The SMILES string of the molecule is Cc1cccc(-n2ncc(C(C)C)c2-c2ccc3nc[nH]c3c2)n1. The third-order valence-electron chi connectivity index (χ3n) is 4.20. The van der Waals surface area contributed by atoms with E-state index in [1.807, 2.05) is 42.1 Å². The van der Waals surface area contributed by atoms with Gasteiger partial charge in [-0.1, -0.05) is 26.0 Å². The van der Waals surface area contributed by atoms with Crippen molar-refractivity contribution in [3.05, 3.63) is 60.2 Å². The summed E-state index contributed by atoms with van der Waals surface area (Å²) in [7, 11) is 0. The summed E-state index contributed by atoms with van der Waals surface area (Å²) in [5.41, 5.74) is 6.36. The summed E-state index contributed by atoms with van der Waals surface area (Å²) in [5.74, 6) is 1.21. The van der Waals surface area contributed by atoms with Crippen molar-refractivity contribution in [3.63, 3.8) is 0 Å². The second-order valence-electron chi connectivity index (χ2n) is 6.29. The second kappa shape index (κ2) is 5.60. The first-order chi connectivity index (χ1) is 11.6. The average molecular weight is 317 g/mol. The van der Waals surface area contributed by atoms with Crippen LogP contribution in [0.3, 0.4) is 0 Å². The molecule has 0 spiro atoms. The molecule has 1 aromatic carbocycles. The Bertz CT molecular complexity index is 1010. The number of imidazole rings is 1. The largest absolute Gasteiger partial charge is 0.345 e. The molecule has 0 saturated carbocycles. The monoisotopic (exact) mass is 317 g/mol. The Hall–Kier alpha value is -2.95. The Kier molecular flexibility index (Phi) is 3.41. The molecular weight excluding hydrogens is 298 g/mol. The average Bonchev–Trinajstić information content (AvgIpc) is 3.20. The molecular formula is C19H19N5. The van der Waals surface area contributed by atoms with E-state index in [1.165, 1.54) is 5.56 Å². The lowest BCUT2D eigenvalue weighted by atomic mass is 9.99. The van der Waals surface area contributed by atoms with Crippen LogP contribution < -0.4 is 0 Å². The Morgan fingerprint density at radius 1 is 1.12 bits per heavy atom. The fourth-order valence-electron chi connectivity index (χ4n) is 2.98. The number of nitrogens with zero attached hydrogens (tertiary/aromatic N) is 4. The molecule has 0 fully saturated rings. The molecule has 0 bridgehead atoms. The fourth-order valence-corrected chi connectivity index (χ4v) is 2.98. The molecule has 0 aliphatic carbocycles. The van der Waals surface area contributed by atoms with Gasteiger partial charge < -0.3 is 4.98 Å². The topological polar surface area (TPSA) is 59.4 Å². The van der Waals surface area contributed by atoms with Crippen molar-refractivity contribution in [2.45, 2.75) is 26.7 Å². The van der Waals surface area contributed by atoms with Gasteiger partial charge >= 0.3 is 0 Å². The summed E-state index contributed by atoms with van der Waals surface area (Å²) in [6.45, 7) is 6.36. The standard InChI is InChI=1S/C19H19N5/c1-12(2)15-10-22-24(18-6-4-5-13(3)23-18)19(15)14-7-8-16-17(9-14)21-11-20-16/h4-12H,1-3H3,(H,20,21). The summed E-state index contributed by atoms with van der Waals surface area (Å²) in [4.78, 5) is 12.1. The summed E-state index contributed by atoms with van der Waals surface area (Å²) in [5, 5.41) is 4.62. The zero-order chi connectivity index (χ0) is 16.7. The van der Waals surface area contributed by atoms with Gasteiger partial charge in [0.05, 0.1) is 29.3 Å². The molecule has 0 radical (unpaired) electrons. The predicted molar refractivity (Wildman–Crippen MR) is 95.3 cm³/mol. The van der Waals surface area contributed by atoms with E-state index in [9.17, 15) is 0 Å². The van der Waals surface area contributed by atoms with Gasteiger partial charge in [0, 0.05) is 16.8 Å². The molecule has 0 aliphatic rings. The molecule has 3 aromatic heterocycles. The zero-order valence-electron chi connectivity index (χ0n) is 14.0. The van der Waals surface area contributed by atoms with Crippen molar-refractivity contribution >= 4 is 11.0 Å². The first-order valence-corrected chi connectivity index (χ1v) is 8.09. The van der Waals surface area contributed by atoms with Crippen molar-refractivity contribution in [1.29, 1.82) is 0 Å². The highest BCUT2D eigenvalue weighted by atomic mass is 15.3. The number of H-pyrrole nitrogens is 1. The number of hydrogen-bond acceptors (Lipinski definition) is 3. The molecule has 24 heavy (non-hydrogen) atoms. The highest BCUT2D eigenvalue weighted by molar-refractivity contribution is 5.81. The summed E-state index contributed by atoms with van der Waals surface area (Å²) in [6.07, 6.45) is 3.67. The number of benzene rings is 1. The molecule has 0 aliphatic heterocycles. The van der Waals surface area contributed by atoms with Crippen molar-refractivity contribution in [2.24, 2.45) is 0 Å². The van der Waals surface area contributed by atoms with E-state index >= 15 is 0 Å². The van der Waals surface area contributed by atoms with Crippen LogP contribution >= 0.6 is 0 Å². The molecule has 4 aromatic rings. The van der Waals surface area contributed by atoms with Gasteiger partial charge in [-0.2, -0.15) is 5.10 Å². The lowest BCUT2D eigenvalue weighted by Crippen LogP contribution is -2.03. The summed E-state index contributed by atoms with van der Waals surface area (Å²) in [6, 6.07) is 12.2. The van der Waals surface area contributed by atoms with Crippen molar-refractivity contribution in [1.82, 2.24) is 24.7 Å². The smallest absolute Gasteiger partial charge is 0.154 e. The Balaban J connectivity index is 1.96. The second-order valence-corrected chi connectivity index (χ2v) is 6.29. The van der Waals surface area contributed by atoms with Gasteiger partial charge in [0.15, 0.2) is 5.82 Å². The Morgan fingerprint density at radius 3 is 2.79 bits per heavy atom. The first-order valence-electron chi connectivity index (χ1n) is 8.09. The van der Waals surface area contributed by atoms with Crippen molar-refractivity contribution in [2.75, 3.05) is 0 Å². The molecule has 1 N–H and O–H groups in total. The number of aromatic amines is 1. The molecule has 4 rings (SSSR count). The summed E-state index contributed by atoms with van der Waals surface area (Å²) >= 11 is 0. The van der Waals surface area contributed by atoms with E-state index in [1.54, 1.807) is 6.33 Å². The van der Waals surface area contributed by atoms with Gasteiger partial charge in [-0.15, -0.1) is 0 Å². The van der Waals surface area contributed by atoms with Crippen LogP contribution in [0.5, 0.6) is 0 Å². The first kappa shape index (κ1) is 14.6. The highest BCUT2D eigenvalue weighted by Gasteiger charge is 2.18. The number of aryl methyl sites for hydroxylation is 1. The normalized spacial score (nSPS) is 11.5. The van der Waals surface area contributed by atoms with Crippen LogP contribution in [-0.2, 0) is 0 Å². The number of nitrogens with one attached hydrogen (secondary N) is 1. The van der Waals surface area contributed by atoms with Crippen LogP contribution in [0.4, 0.5) is 0 Å². The third kappa shape index (κ3) is 2.38. The minimum atomic E-state index is 0.371. The van der Waals surface area contributed by atoms with E-state index in [2.05, 4.69) is 46.0 Å². The molecule has 3 heterocycles. The van der Waals surface area contributed by atoms with Gasteiger partial charge in [0.2, 0.25) is 0 Å². The van der Waals surface area contributed by atoms with E-state index in [-0.39, 0.29) is 0 Å². The van der Waals surface area contributed by atoms with E-state index in [4.69, 9.17) is 0 Å². The fraction of sp³-hybridized carbons (Fsp3) is 0.211. The molecule has 0 amide bonds. The highest BCUT2D eigenvalue weighted by Crippen LogP contribution is 2.32. The van der Waals surface area contributed by atoms with Gasteiger partial charge in [-0.05, 0) is 37.1 Å². The van der Waals surface area contributed by atoms with Crippen LogP contribution in [0, 0.1) is 6.92 Å². The van der Waals surface area contributed by atoms with Crippen LogP contribution in [0.2, 0.25) is 0 Å². The number of rotatable bonds is 3.